The maximum atomic E-state index is 12.7. The van der Waals surface area contributed by atoms with E-state index in [9.17, 15) is 14.4 Å². The highest BCUT2D eigenvalue weighted by molar-refractivity contribution is 5.90. The lowest BCUT2D eigenvalue weighted by atomic mass is 9.97. The van der Waals surface area contributed by atoms with Gasteiger partial charge in [0.2, 0.25) is 11.8 Å². The Morgan fingerprint density at radius 1 is 1.23 bits per heavy atom. The number of aromatic nitrogens is 3. The molecule has 0 saturated carbocycles. The fourth-order valence-electron chi connectivity index (χ4n) is 3.87. The van der Waals surface area contributed by atoms with Gasteiger partial charge in [-0.05, 0) is 44.0 Å². The van der Waals surface area contributed by atoms with Crippen LogP contribution in [0.3, 0.4) is 0 Å². The van der Waals surface area contributed by atoms with E-state index < -0.39 is 0 Å². The largest absolute Gasteiger partial charge is 0.369 e. The normalized spacial score (nSPS) is 16.3. The van der Waals surface area contributed by atoms with Crippen molar-refractivity contribution in [1.29, 1.82) is 0 Å². The molecule has 2 aromatic heterocycles. The fourth-order valence-corrected chi connectivity index (χ4v) is 3.87. The van der Waals surface area contributed by atoms with Crippen molar-refractivity contribution in [2.24, 2.45) is 11.7 Å². The number of pyridine rings is 1. The number of anilines is 2. The maximum absolute atomic E-state index is 12.7. The zero-order chi connectivity index (χ0) is 22.0. The van der Waals surface area contributed by atoms with E-state index in [1.54, 1.807) is 43.5 Å². The van der Waals surface area contributed by atoms with Gasteiger partial charge in [-0.2, -0.15) is 0 Å². The number of amides is 2. The second-order valence-electron chi connectivity index (χ2n) is 7.71. The first kappa shape index (κ1) is 20.5. The van der Waals surface area contributed by atoms with E-state index in [1.807, 2.05) is 11.0 Å². The minimum absolute atomic E-state index is 0.142. The molecule has 9 nitrogen and oxygen atoms in total. The molecule has 1 fully saturated rings. The van der Waals surface area contributed by atoms with E-state index in [2.05, 4.69) is 15.3 Å². The highest BCUT2D eigenvalue weighted by Gasteiger charge is 2.24. The zero-order valence-electron chi connectivity index (χ0n) is 17.2. The van der Waals surface area contributed by atoms with Gasteiger partial charge in [-0.15, -0.1) is 0 Å². The molecule has 2 amide bonds. The lowest BCUT2D eigenvalue weighted by molar-refractivity contribution is -0.122. The number of carbonyl (C=O) groups is 2. The molecule has 31 heavy (non-hydrogen) atoms. The van der Waals surface area contributed by atoms with Gasteiger partial charge in [-0.1, -0.05) is 12.1 Å². The number of hydrogen-bond acceptors (Lipinski definition) is 6. The third-order valence-electron chi connectivity index (χ3n) is 5.53. The minimum Gasteiger partial charge on any atom is -0.369 e. The van der Waals surface area contributed by atoms with E-state index >= 15 is 0 Å². The second kappa shape index (κ2) is 8.55. The average molecular weight is 420 g/mol. The van der Waals surface area contributed by atoms with Crippen LogP contribution in [-0.2, 0) is 16.1 Å². The van der Waals surface area contributed by atoms with Crippen molar-refractivity contribution >= 4 is 34.2 Å². The molecule has 3 N–H and O–H groups in total. The van der Waals surface area contributed by atoms with E-state index in [4.69, 9.17) is 5.73 Å². The van der Waals surface area contributed by atoms with Crippen LogP contribution in [0.5, 0.6) is 0 Å². The van der Waals surface area contributed by atoms with Gasteiger partial charge >= 0.3 is 0 Å². The molecule has 1 aliphatic rings. The summed E-state index contributed by atoms with van der Waals surface area (Å²) < 4.78 is 1.36. The third-order valence-corrected chi connectivity index (χ3v) is 5.53. The van der Waals surface area contributed by atoms with Crippen LogP contribution in [0.1, 0.15) is 18.7 Å². The third kappa shape index (κ3) is 4.40. The van der Waals surface area contributed by atoms with Crippen LogP contribution < -0.4 is 21.5 Å². The molecule has 9 heteroatoms. The first-order valence-corrected chi connectivity index (χ1v) is 10.2. The summed E-state index contributed by atoms with van der Waals surface area (Å²) in [6, 6.07) is 10.6. The number of benzene rings is 1. The Bertz CT molecular complexity index is 1190. The smallest absolute Gasteiger partial charge is 0.261 e. The Balaban J connectivity index is 1.44. The van der Waals surface area contributed by atoms with Crippen molar-refractivity contribution < 1.29 is 9.59 Å². The molecule has 3 aromatic rings. The monoisotopic (exact) mass is 420 g/mol. The maximum Gasteiger partial charge on any atom is 0.261 e. The summed E-state index contributed by atoms with van der Waals surface area (Å²) in [7, 11) is 0. The molecule has 160 valence electrons. The van der Waals surface area contributed by atoms with Crippen LogP contribution in [0.4, 0.5) is 11.5 Å². The number of piperidine rings is 1. The molecular weight excluding hydrogens is 396 g/mol. The second-order valence-corrected chi connectivity index (χ2v) is 7.71. The van der Waals surface area contributed by atoms with Gasteiger partial charge < -0.3 is 16.0 Å². The number of nitrogens with two attached hydrogens (primary N) is 1. The lowest BCUT2D eigenvalue weighted by Crippen LogP contribution is -2.41. The molecule has 0 bridgehead atoms. The Kier molecular flexibility index (Phi) is 5.66. The molecule has 0 radical (unpaired) electrons. The van der Waals surface area contributed by atoms with E-state index in [0.29, 0.717) is 29.0 Å². The minimum atomic E-state index is -0.344. The van der Waals surface area contributed by atoms with Gasteiger partial charge in [0, 0.05) is 13.1 Å². The zero-order valence-corrected chi connectivity index (χ0v) is 17.2. The number of primary amides is 1. The molecule has 3 heterocycles. The van der Waals surface area contributed by atoms with Crippen LogP contribution in [0, 0.1) is 12.8 Å². The van der Waals surface area contributed by atoms with Crippen molar-refractivity contribution in [2.45, 2.75) is 26.3 Å². The number of fused-ring (bicyclic) bond motifs is 1. The Hall–Kier alpha value is -3.75. The van der Waals surface area contributed by atoms with Gasteiger partial charge in [0.15, 0.2) is 0 Å². The Morgan fingerprint density at radius 2 is 2.03 bits per heavy atom. The first-order chi connectivity index (χ1) is 14.9. The van der Waals surface area contributed by atoms with E-state index in [0.717, 1.165) is 25.2 Å². The van der Waals surface area contributed by atoms with Crippen molar-refractivity contribution in [3.8, 4) is 0 Å². The van der Waals surface area contributed by atoms with Gasteiger partial charge in [0.05, 0.1) is 28.7 Å². The SMILES string of the molecule is Cc1nc2ccccc2c(=O)n1CC(=O)Nc1ccc(N2CCCC(C(N)=O)C2)nc1. The predicted octanol–water partition coefficient (Wildman–Crippen LogP) is 1.44. The van der Waals surface area contributed by atoms with Crippen molar-refractivity contribution in [3.05, 3.63) is 58.8 Å². The van der Waals surface area contributed by atoms with Crippen molar-refractivity contribution in [1.82, 2.24) is 14.5 Å². The molecule has 1 aliphatic heterocycles. The standard InChI is InChI=1S/C22H24N6O3/c1-14-25-18-7-3-2-6-17(18)22(31)28(14)13-20(29)26-16-8-9-19(24-11-16)27-10-4-5-15(12-27)21(23)30/h2-3,6-9,11,15H,4-5,10,12-13H2,1H3,(H2,23,30)(H,26,29). The summed E-state index contributed by atoms with van der Waals surface area (Å²) in [5, 5.41) is 3.24. The highest BCUT2D eigenvalue weighted by Crippen LogP contribution is 2.22. The molecule has 1 aromatic carbocycles. The molecular formula is C22H24N6O3. The molecule has 0 spiro atoms. The number of aryl methyl sites for hydroxylation is 1. The fraction of sp³-hybridized carbons (Fsp3) is 0.318. The molecule has 1 unspecified atom stereocenters. The molecule has 4 rings (SSSR count). The van der Waals surface area contributed by atoms with Crippen LogP contribution in [0.25, 0.3) is 10.9 Å². The number of para-hydroxylation sites is 1. The predicted molar refractivity (Wildman–Crippen MR) is 118 cm³/mol. The van der Waals surface area contributed by atoms with Gasteiger partial charge in [-0.25, -0.2) is 9.97 Å². The molecule has 1 saturated heterocycles. The van der Waals surface area contributed by atoms with Gasteiger partial charge in [0.25, 0.3) is 5.56 Å². The average Bonchev–Trinajstić information content (AvgIpc) is 2.77. The summed E-state index contributed by atoms with van der Waals surface area (Å²) in [4.78, 5) is 47.6. The van der Waals surface area contributed by atoms with Crippen molar-refractivity contribution in [2.75, 3.05) is 23.3 Å². The van der Waals surface area contributed by atoms with Crippen LogP contribution >= 0.6 is 0 Å². The number of rotatable bonds is 5. The summed E-state index contributed by atoms with van der Waals surface area (Å²) in [6.45, 7) is 2.91. The summed E-state index contributed by atoms with van der Waals surface area (Å²) in [5.74, 6) is 0.397. The van der Waals surface area contributed by atoms with Gasteiger partial charge in [0.1, 0.15) is 18.2 Å². The quantitative estimate of drug-likeness (QED) is 0.644. The lowest BCUT2D eigenvalue weighted by Gasteiger charge is -2.32. The van der Waals surface area contributed by atoms with Crippen LogP contribution in [0.15, 0.2) is 47.4 Å². The van der Waals surface area contributed by atoms with E-state index in [1.165, 1.54) is 4.57 Å². The summed E-state index contributed by atoms with van der Waals surface area (Å²) in [5.41, 5.74) is 6.32. The summed E-state index contributed by atoms with van der Waals surface area (Å²) in [6.07, 6.45) is 3.24. The molecule has 1 atom stereocenters. The topological polar surface area (TPSA) is 123 Å². The summed E-state index contributed by atoms with van der Waals surface area (Å²) >= 11 is 0. The Labute approximate surface area is 178 Å². The van der Waals surface area contributed by atoms with Gasteiger partial charge in [-0.3, -0.25) is 19.0 Å². The van der Waals surface area contributed by atoms with Crippen LogP contribution in [-0.4, -0.2) is 39.4 Å². The van der Waals surface area contributed by atoms with E-state index in [-0.39, 0.29) is 29.8 Å². The van der Waals surface area contributed by atoms with Crippen molar-refractivity contribution in [3.63, 3.8) is 0 Å². The number of carbonyl (C=O) groups excluding carboxylic acids is 2. The molecule has 0 aliphatic carbocycles. The first-order valence-electron chi connectivity index (χ1n) is 10.2. The number of hydrogen-bond donors (Lipinski definition) is 2. The highest BCUT2D eigenvalue weighted by atomic mass is 16.2. The number of nitrogens with one attached hydrogen (secondary N) is 1. The van der Waals surface area contributed by atoms with Crippen LogP contribution in [0.2, 0.25) is 0 Å². The number of nitrogens with zero attached hydrogens (tertiary/aromatic N) is 4. The Morgan fingerprint density at radius 3 is 2.77 bits per heavy atom.